The number of nitrogens with zero attached hydrogens (tertiary/aromatic N) is 1. The van der Waals surface area contributed by atoms with E-state index >= 15 is 0 Å². The maximum atomic E-state index is 13.6. The lowest BCUT2D eigenvalue weighted by Gasteiger charge is -2.16. The quantitative estimate of drug-likeness (QED) is 0.280. The lowest BCUT2D eigenvalue weighted by atomic mass is 10.0. The van der Waals surface area contributed by atoms with Crippen LogP contribution in [0.1, 0.15) is 16.8 Å². The number of hydrogen-bond acceptors (Lipinski definition) is 1. The fourth-order valence-corrected chi connectivity index (χ4v) is 4.02. The standard InChI is InChI=1S/C25H19F6NO/c1-33-19-11-9-17(10-12-19)23-20-7-2-3-8-21(20)32(22(23)14-24(26,27)28)15-16-5-4-6-18(13-16)25(29,30)31/h2-13H,14-15H2,1H3. The molecule has 0 saturated carbocycles. The van der Waals surface area contributed by atoms with Gasteiger partial charge in [-0.15, -0.1) is 0 Å². The molecule has 1 heterocycles. The molecule has 0 amide bonds. The van der Waals surface area contributed by atoms with Gasteiger partial charge in [0.1, 0.15) is 5.75 Å². The molecule has 0 aliphatic rings. The van der Waals surface area contributed by atoms with Gasteiger partial charge in [0.25, 0.3) is 0 Å². The smallest absolute Gasteiger partial charge is 0.416 e. The number of fused-ring (bicyclic) bond motifs is 1. The highest BCUT2D eigenvalue weighted by atomic mass is 19.4. The van der Waals surface area contributed by atoms with Crippen LogP contribution in [0.3, 0.4) is 0 Å². The minimum Gasteiger partial charge on any atom is -0.497 e. The molecule has 4 aromatic rings. The molecule has 172 valence electrons. The zero-order valence-electron chi connectivity index (χ0n) is 17.5. The topological polar surface area (TPSA) is 14.2 Å². The Hall–Kier alpha value is -3.42. The number of benzene rings is 3. The monoisotopic (exact) mass is 463 g/mol. The molecule has 3 aromatic carbocycles. The van der Waals surface area contributed by atoms with Crippen LogP contribution in [0.15, 0.2) is 72.8 Å². The number of hydrogen-bond donors (Lipinski definition) is 0. The van der Waals surface area contributed by atoms with E-state index in [0.717, 1.165) is 12.1 Å². The molecule has 4 rings (SSSR count). The van der Waals surface area contributed by atoms with E-state index in [1.807, 2.05) is 0 Å². The van der Waals surface area contributed by atoms with Crippen LogP contribution in [-0.4, -0.2) is 17.9 Å². The van der Waals surface area contributed by atoms with E-state index in [2.05, 4.69) is 0 Å². The van der Waals surface area contributed by atoms with Crippen molar-refractivity contribution in [3.8, 4) is 16.9 Å². The van der Waals surface area contributed by atoms with E-state index in [1.165, 1.54) is 23.8 Å². The summed E-state index contributed by atoms with van der Waals surface area (Å²) in [6, 6.07) is 18.1. The van der Waals surface area contributed by atoms with E-state index < -0.39 is 24.3 Å². The predicted octanol–water partition coefficient (Wildman–Crippen LogP) is 7.49. The second-order valence-electron chi connectivity index (χ2n) is 7.64. The van der Waals surface area contributed by atoms with Gasteiger partial charge in [0.15, 0.2) is 0 Å². The zero-order valence-corrected chi connectivity index (χ0v) is 17.5. The summed E-state index contributed by atoms with van der Waals surface area (Å²) < 4.78 is 87.1. The maximum absolute atomic E-state index is 13.6. The van der Waals surface area contributed by atoms with Gasteiger partial charge in [-0.25, -0.2) is 0 Å². The molecule has 0 fully saturated rings. The average Bonchev–Trinajstić information content (AvgIpc) is 3.05. The van der Waals surface area contributed by atoms with Crippen LogP contribution in [0.25, 0.3) is 22.0 Å². The first-order valence-corrected chi connectivity index (χ1v) is 10.0. The summed E-state index contributed by atoms with van der Waals surface area (Å²) >= 11 is 0. The van der Waals surface area contributed by atoms with Crippen molar-refractivity contribution in [3.05, 3.63) is 89.6 Å². The third-order valence-corrected chi connectivity index (χ3v) is 5.42. The van der Waals surface area contributed by atoms with Crippen molar-refractivity contribution in [2.45, 2.75) is 25.3 Å². The van der Waals surface area contributed by atoms with Gasteiger partial charge in [0.2, 0.25) is 0 Å². The van der Waals surface area contributed by atoms with E-state index in [0.29, 0.717) is 27.8 Å². The molecule has 0 aliphatic heterocycles. The molecule has 0 radical (unpaired) electrons. The number of halogens is 6. The molecule has 33 heavy (non-hydrogen) atoms. The second-order valence-corrected chi connectivity index (χ2v) is 7.64. The summed E-state index contributed by atoms with van der Waals surface area (Å²) in [5.41, 5.74) is 0.886. The van der Waals surface area contributed by atoms with Gasteiger partial charge in [-0.05, 0) is 41.5 Å². The summed E-state index contributed by atoms with van der Waals surface area (Å²) in [7, 11) is 1.49. The lowest BCUT2D eigenvalue weighted by molar-refractivity contribution is -0.137. The number of aromatic nitrogens is 1. The van der Waals surface area contributed by atoms with Crippen molar-refractivity contribution < 1.29 is 31.1 Å². The molecular formula is C25H19F6NO. The van der Waals surface area contributed by atoms with E-state index in [9.17, 15) is 26.3 Å². The number of rotatable bonds is 5. The van der Waals surface area contributed by atoms with Crippen LogP contribution in [0.2, 0.25) is 0 Å². The fraction of sp³-hybridized carbons (Fsp3) is 0.200. The molecular weight excluding hydrogens is 444 g/mol. The Kier molecular flexibility index (Phi) is 5.86. The molecule has 0 bridgehead atoms. The number of methoxy groups -OCH3 is 1. The largest absolute Gasteiger partial charge is 0.497 e. The molecule has 1 aromatic heterocycles. The number of para-hydroxylation sites is 1. The molecule has 2 nitrogen and oxygen atoms in total. The van der Waals surface area contributed by atoms with E-state index in [4.69, 9.17) is 4.74 Å². The second kappa shape index (κ2) is 8.50. The van der Waals surface area contributed by atoms with Crippen LogP contribution in [0.4, 0.5) is 26.3 Å². The van der Waals surface area contributed by atoms with Gasteiger partial charge in [-0.2, -0.15) is 26.3 Å². The van der Waals surface area contributed by atoms with E-state index in [-0.39, 0.29) is 17.8 Å². The van der Waals surface area contributed by atoms with Crippen LogP contribution in [0.5, 0.6) is 5.75 Å². The van der Waals surface area contributed by atoms with Crippen LogP contribution in [-0.2, 0) is 19.1 Å². The Morgan fingerprint density at radius 2 is 1.52 bits per heavy atom. The van der Waals surface area contributed by atoms with Crippen molar-refractivity contribution in [1.29, 1.82) is 0 Å². The number of alkyl halides is 6. The Morgan fingerprint density at radius 3 is 2.15 bits per heavy atom. The third kappa shape index (κ3) is 4.84. The minimum atomic E-state index is -4.54. The van der Waals surface area contributed by atoms with Gasteiger partial charge in [-0.1, -0.05) is 42.5 Å². The lowest BCUT2D eigenvalue weighted by Crippen LogP contribution is -2.17. The Balaban J connectivity index is 1.93. The van der Waals surface area contributed by atoms with Crippen molar-refractivity contribution in [1.82, 2.24) is 4.57 Å². The summed E-state index contributed by atoms with van der Waals surface area (Å²) in [4.78, 5) is 0. The average molecular weight is 463 g/mol. The molecule has 0 unspecified atom stereocenters. The summed E-state index contributed by atoms with van der Waals surface area (Å²) in [5, 5.41) is 0.592. The molecule has 0 aliphatic carbocycles. The van der Waals surface area contributed by atoms with Crippen LogP contribution in [0, 0.1) is 0 Å². The first kappa shape index (κ1) is 22.8. The Morgan fingerprint density at radius 1 is 0.818 bits per heavy atom. The predicted molar refractivity (Wildman–Crippen MR) is 114 cm³/mol. The molecule has 0 saturated heterocycles. The molecule has 0 N–H and O–H groups in total. The normalized spacial score (nSPS) is 12.3. The summed E-state index contributed by atoms with van der Waals surface area (Å²) in [5.74, 6) is 0.559. The zero-order chi connectivity index (χ0) is 23.8. The highest BCUT2D eigenvalue weighted by Crippen LogP contribution is 2.39. The Bertz CT molecular complexity index is 1270. The highest BCUT2D eigenvalue weighted by molar-refractivity contribution is 5.98. The van der Waals surface area contributed by atoms with Gasteiger partial charge in [0.05, 0.1) is 19.1 Å². The SMILES string of the molecule is COc1ccc(-c2c(CC(F)(F)F)n(Cc3cccc(C(F)(F)F)c3)c3ccccc23)cc1. The minimum absolute atomic E-state index is 0.00808. The van der Waals surface area contributed by atoms with Crippen LogP contribution >= 0.6 is 0 Å². The van der Waals surface area contributed by atoms with Gasteiger partial charge in [-0.3, -0.25) is 0 Å². The highest BCUT2D eigenvalue weighted by Gasteiger charge is 2.33. The van der Waals surface area contributed by atoms with E-state index in [1.54, 1.807) is 48.5 Å². The van der Waals surface area contributed by atoms with Gasteiger partial charge >= 0.3 is 12.4 Å². The van der Waals surface area contributed by atoms with Crippen LogP contribution < -0.4 is 4.74 Å². The third-order valence-electron chi connectivity index (χ3n) is 5.42. The Labute approximate surface area is 186 Å². The molecule has 0 atom stereocenters. The van der Waals surface area contributed by atoms with Gasteiger partial charge < -0.3 is 9.30 Å². The summed E-state index contributed by atoms with van der Waals surface area (Å²) in [6.45, 7) is -0.133. The van der Waals surface area contributed by atoms with Crippen molar-refractivity contribution in [2.75, 3.05) is 7.11 Å². The van der Waals surface area contributed by atoms with Crippen molar-refractivity contribution >= 4 is 10.9 Å². The first-order valence-electron chi connectivity index (χ1n) is 10.0. The summed E-state index contributed by atoms with van der Waals surface area (Å²) in [6.07, 6.45) is -10.3. The first-order chi connectivity index (χ1) is 15.6. The maximum Gasteiger partial charge on any atom is 0.416 e. The number of ether oxygens (including phenoxy) is 1. The van der Waals surface area contributed by atoms with Crippen molar-refractivity contribution in [2.24, 2.45) is 0 Å². The van der Waals surface area contributed by atoms with Crippen molar-refractivity contribution in [3.63, 3.8) is 0 Å². The molecule has 0 spiro atoms. The fourth-order valence-electron chi connectivity index (χ4n) is 4.02. The molecule has 8 heteroatoms. The van der Waals surface area contributed by atoms with Gasteiger partial charge in [0, 0.05) is 28.7 Å².